The van der Waals surface area contributed by atoms with Crippen LogP contribution in [0.25, 0.3) is 0 Å². The van der Waals surface area contributed by atoms with Crippen LogP contribution in [-0.4, -0.2) is 178 Å². The van der Waals surface area contributed by atoms with Gasteiger partial charge in [-0.2, -0.15) is 0 Å². The third-order valence-electron chi connectivity index (χ3n) is 14.6. The molecule has 442 valence electrons. The molecule has 0 spiro atoms. The molecule has 79 heavy (non-hydrogen) atoms. The zero-order valence-corrected chi connectivity index (χ0v) is 46.0. The van der Waals surface area contributed by atoms with Gasteiger partial charge in [-0.05, 0) is 69.2 Å². The summed E-state index contributed by atoms with van der Waals surface area (Å²) in [7, 11) is 1.77. The fourth-order valence-corrected chi connectivity index (χ4v) is 9.94. The first-order chi connectivity index (χ1) is 37.3. The maximum absolute atomic E-state index is 13.3. The number of hydrogen-bond acceptors (Lipinski definition) is 20. The fourth-order valence-electron chi connectivity index (χ4n) is 9.94. The molecule has 2 bridgehead atoms. The lowest BCUT2D eigenvalue weighted by atomic mass is 9.81. The number of aliphatic hydroxyl groups is 11. The van der Waals surface area contributed by atoms with E-state index >= 15 is 0 Å². The highest BCUT2D eigenvalue weighted by Gasteiger charge is 2.54. The number of ether oxygens (including phenoxy) is 4. The number of nitrogens with two attached hydrogens (primary N) is 1. The van der Waals surface area contributed by atoms with Crippen molar-refractivity contribution in [2.24, 2.45) is 23.5 Å². The second-order valence-electron chi connectivity index (χ2n) is 21.6. The van der Waals surface area contributed by atoms with Gasteiger partial charge in [0.2, 0.25) is 0 Å². The molecule has 3 aliphatic heterocycles. The number of ketones is 2. The van der Waals surface area contributed by atoms with Crippen molar-refractivity contribution >= 4 is 23.2 Å². The number of nitrogens with one attached hydrogen (secondary N) is 1. The molecule has 1 aromatic rings. The Morgan fingerprint density at radius 2 is 1.25 bits per heavy atom. The predicted molar refractivity (Wildman–Crippen MR) is 294 cm³/mol. The summed E-state index contributed by atoms with van der Waals surface area (Å²) in [4.78, 5) is 39.2. The minimum absolute atomic E-state index is 0.0996. The van der Waals surface area contributed by atoms with Gasteiger partial charge in [0, 0.05) is 68.7 Å². The average Bonchev–Trinajstić information content (AvgIpc) is 3.39. The van der Waals surface area contributed by atoms with Crippen LogP contribution in [0.2, 0.25) is 0 Å². The Labute approximate surface area is 463 Å². The van der Waals surface area contributed by atoms with E-state index in [1.165, 1.54) is 13.0 Å². The molecule has 2 saturated heterocycles. The molecule has 4 rings (SSSR count). The first kappa shape index (κ1) is 66.9. The van der Waals surface area contributed by atoms with Crippen LogP contribution in [-0.2, 0) is 28.5 Å². The molecule has 0 amide bonds. The second-order valence-corrected chi connectivity index (χ2v) is 21.6. The summed E-state index contributed by atoms with van der Waals surface area (Å²) in [6.45, 7) is 6.78. The number of carbonyl (C=O) groups is 3. The van der Waals surface area contributed by atoms with Gasteiger partial charge in [0.05, 0.1) is 67.4 Å². The first-order valence-corrected chi connectivity index (χ1v) is 27.4. The number of hydrogen-bond donors (Lipinski definition) is 13. The molecular weight excluding hydrogens is 1020 g/mol. The van der Waals surface area contributed by atoms with Gasteiger partial charge in [-0.25, -0.2) is 0 Å². The summed E-state index contributed by atoms with van der Waals surface area (Å²) in [6, 6.07) is 5.99. The summed E-state index contributed by atoms with van der Waals surface area (Å²) in [5.41, 5.74) is 7.30. The molecule has 3 aliphatic rings. The normalized spacial score (nSPS) is 39.4. The van der Waals surface area contributed by atoms with E-state index in [0.29, 0.717) is 12.0 Å². The van der Waals surface area contributed by atoms with Gasteiger partial charge in [-0.15, -0.1) is 0 Å². The molecule has 0 aromatic heterocycles. The van der Waals surface area contributed by atoms with Gasteiger partial charge in [-0.1, -0.05) is 106 Å². The van der Waals surface area contributed by atoms with E-state index in [9.17, 15) is 70.6 Å². The summed E-state index contributed by atoms with van der Waals surface area (Å²) >= 11 is 0. The van der Waals surface area contributed by atoms with Crippen LogP contribution in [0, 0.1) is 17.8 Å². The minimum atomic E-state index is -2.35. The molecule has 2 fully saturated rings. The van der Waals surface area contributed by atoms with E-state index in [0.717, 1.165) is 5.69 Å². The van der Waals surface area contributed by atoms with Crippen LogP contribution in [0.1, 0.15) is 115 Å². The van der Waals surface area contributed by atoms with E-state index in [1.807, 2.05) is 19.9 Å². The molecular formula is C59H88N2O18. The topological polar surface area (TPSA) is 349 Å². The zero-order chi connectivity index (χ0) is 58.5. The highest BCUT2D eigenvalue weighted by atomic mass is 16.7. The summed E-state index contributed by atoms with van der Waals surface area (Å²) in [5, 5.41) is 124. The first-order valence-electron chi connectivity index (χ1n) is 27.4. The van der Waals surface area contributed by atoms with Crippen LogP contribution in [0.15, 0.2) is 109 Å². The average molecular weight is 1110 g/mol. The van der Waals surface area contributed by atoms with E-state index in [2.05, 4.69) is 5.32 Å². The number of carbonyl (C=O) groups excluding carboxylic acids is 3. The molecule has 20 heteroatoms. The number of fused-ring (bicyclic) bond motifs is 2. The Hall–Kier alpha value is -4.59. The standard InChI is InChI=1S/C59H88N2O18/c1-36-18-16-14-12-10-8-6-7-9-11-13-15-17-19-49(77-57-55(73)54(72)53(60)39(4)76-57)34-59(75)38(3)51(70)35-58(74,79-59)33-48(68)30-46(66)28-44(64)26-43(63)27-45(65)29-47(67)32-52(71)78-56(36)37(2)20-25-42(62)31-50(69)40-21-23-41(61-5)24-22-40/h6-19,21-24,36-39,42-44,46-49,51,53-57,61-64,66-68,70,72-75H,20,25-35,60H2,1-5H3/b7-6-,10-8-,11-9-,14-12-,15-13-,18-16-,19-17-/t36-,37-,38+,39+,42?,43+,44-,46-,47+,48-,49-,51-,53+,54-,55-,56?,57-,58+,59-/m0/s1. The van der Waals surface area contributed by atoms with Crippen molar-refractivity contribution < 1.29 is 89.5 Å². The van der Waals surface area contributed by atoms with Crippen LogP contribution >= 0.6 is 0 Å². The SMILES string of the molecule is CNc1ccc(C(=O)CC(O)CC[C@H](C)C2OC(=O)C[C@H](O)CC(=O)C[C@H](O)C[C@H](O)C[C@H](O)C[C@H](O)C[C@]3(O)C[C@H](O)[C@@H](C)[C@](O)(C[C@@H](O[C@@H]4O[C@H](C)[C@@H](N)[C@H](O)[C@@H]4O)\C=C/C=C\C=C/C=C\C=C/C=C\C=C/[C@@H]2C)O3)cc1. The van der Waals surface area contributed by atoms with Crippen LogP contribution in [0.5, 0.6) is 0 Å². The second kappa shape index (κ2) is 32.8. The quantitative estimate of drug-likeness (QED) is 0.118. The molecule has 14 N–H and O–H groups in total. The van der Waals surface area contributed by atoms with Crippen LogP contribution in [0.3, 0.4) is 0 Å². The molecule has 2 unspecified atom stereocenters. The van der Waals surface area contributed by atoms with E-state index in [4.69, 9.17) is 24.7 Å². The van der Waals surface area contributed by atoms with E-state index < -0.39 is 160 Å². The number of Topliss-reactive ketones (excluding diaryl/α,β-unsaturated/α-hetero) is 2. The van der Waals surface area contributed by atoms with E-state index in [-0.39, 0.29) is 43.3 Å². The van der Waals surface area contributed by atoms with Crippen molar-refractivity contribution in [3.05, 3.63) is 115 Å². The molecule has 0 radical (unpaired) electrons. The van der Waals surface area contributed by atoms with Crippen LogP contribution in [0.4, 0.5) is 5.69 Å². The number of anilines is 1. The molecule has 0 aliphatic carbocycles. The Kier molecular flexibility index (Phi) is 27.7. The number of cyclic esters (lactones) is 1. The van der Waals surface area contributed by atoms with Gasteiger partial charge >= 0.3 is 5.97 Å². The third kappa shape index (κ3) is 22.7. The highest BCUT2D eigenvalue weighted by molar-refractivity contribution is 5.96. The summed E-state index contributed by atoms with van der Waals surface area (Å²) in [6.07, 6.45) is 4.07. The third-order valence-corrected chi connectivity index (χ3v) is 14.6. The van der Waals surface area contributed by atoms with Gasteiger partial charge < -0.3 is 86.2 Å². The molecule has 3 heterocycles. The van der Waals surface area contributed by atoms with Gasteiger partial charge in [0.1, 0.15) is 24.1 Å². The Bertz CT molecular complexity index is 2250. The van der Waals surface area contributed by atoms with Crippen LogP contribution < -0.4 is 11.1 Å². The van der Waals surface area contributed by atoms with Crippen molar-refractivity contribution in [1.29, 1.82) is 0 Å². The molecule has 0 saturated carbocycles. The zero-order valence-electron chi connectivity index (χ0n) is 46.0. The number of rotatable bonds is 10. The van der Waals surface area contributed by atoms with Gasteiger partial charge in [0.15, 0.2) is 23.6 Å². The maximum atomic E-state index is 13.3. The van der Waals surface area contributed by atoms with Crippen molar-refractivity contribution in [2.75, 3.05) is 12.4 Å². The lowest BCUT2D eigenvalue weighted by molar-refractivity contribution is -0.401. The van der Waals surface area contributed by atoms with E-state index in [1.54, 1.807) is 111 Å². The molecule has 20 nitrogen and oxygen atoms in total. The predicted octanol–water partition coefficient (Wildman–Crippen LogP) is 3.00. The van der Waals surface area contributed by atoms with Crippen molar-refractivity contribution in [3.63, 3.8) is 0 Å². The largest absolute Gasteiger partial charge is 0.461 e. The van der Waals surface area contributed by atoms with Gasteiger partial charge in [-0.3, -0.25) is 14.4 Å². The monoisotopic (exact) mass is 1110 g/mol. The number of aliphatic hydroxyl groups excluding tert-OH is 9. The lowest BCUT2D eigenvalue weighted by Crippen LogP contribution is -2.62. The summed E-state index contributed by atoms with van der Waals surface area (Å²) in [5.74, 6) is -8.02. The number of benzene rings is 1. The lowest BCUT2D eigenvalue weighted by Gasteiger charge is -2.50. The van der Waals surface area contributed by atoms with Crippen molar-refractivity contribution in [1.82, 2.24) is 0 Å². The van der Waals surface area contributed by atoms with Crippen molar-refractivity contribution in [2.45, 2.75) is 202 Å². The van der Waals surface area contributed by atoms with Crippen molar-refractivity contribution in [3.8, 4) is 0 Å². The van der Waals surface area contributed by atoms with Gasteiger partial charge in [0.25, 0.3) is 0 Å². The Morgan fingerprint density at radius 3 is 1.85 bits per heavy atom. The highest BCUT2D eigenvalue weighted by Crippen LogP contribution is 2.43. The molecule has 1 aromatic carbocycles. The minimum Gasteiger partial charge on any atom is -0.461 e. The summed E-state index contributed by atoms with van der Waals surface area (Å²) < 4.78 is 23.7. The number of esters is 1. The maximum Gasteiger partial charge on any atom is 0.308 e. The number of allylic oxidation sites excluding steroid dienone is 12. The molecule has 19 atom stereocenters. The smallest absolute Gasteiger partial charge is 0.308 e. The Morgan fingerprint density at radius 1 is 0.709 bits per heavy atom. The fraction of sp³-hybridized carbons (Fsp3) is 0.610. The Balaban J connectivity index is 1.53.